The van der Waals surface area contributed by atoms with Crippen LogP contribution in [0.2, 0.25) is 0 Å². The minimum absolute atomic E-state index is 0.0116. The van der Waals surface area contributed by atoms with Crippen molar-refractivity contribution in [1.82, 2.24) is 14.5 Å². The normalized spacial score (nSPS) is 17.7. The molecule has 0 aliphatic carbocycles. The first-order valence-corrected chi connectivity index (χ1v) is 10.7. The third-order valence-corrected chi connectivity index (χ3v) is 5.94. The second kappa shape index (κ2) is 9.36. The summed E-state index contributed by atoms with van der Waals surface area (Å²) in [5.74, 6) is 2.91. The molecule has 1 atom stereocenters. The van der Waals surface area contributed by atoms with Gasteiger partial charge in [0, 0.05) is 26.2 Å². The standard InChI is InChI=1S/C19H29N3O3S/c1-5-9-21(10-6-2)14-17-12-20-19(22(17)13-16(3)4)26(23,24)15-18-8-7-11-25-18/h1,6,12,16,18H,2,7-11,13-15H2,3-4H3/t18-/m0/s1. The van der Waals surface area contributed by atoms with Crippen molar-refractivity contribution in [2.75, 3.05) is 25.4 Å². The van der Waals surface area contributed by atoms with Crippen LogP contribution in [-0.4, -0.2) is 54.4 Å². The molecule has 1 aromatic rings. The highest BCUT2D eigenvalue weighted by atomic mass is 32.2. The Balaban J connectivity index is 2.29. The molecule has 2 heterocycles. The average Bonchev–Trinajstić information content (AvgIpc) is 3.18. The molecular formula is C19H29N3O3S. The summed E-state index contributed by atoms with van der Waals surface area (Å²) in [5.41, 5.74) is 0.849. The van der Waals surface area contributed by atoms with E-state index in [2.05, 4.69) is 31.3 Å². The van der Waals surface area contributed by atoms with Gasteiger partial charge in [0.1, 0.15) is 0 Å². The van der Waals surface area contributed by atoms with Gasteiger partial charge >= 0.3 is 0 Å². The molecule has 0 bridgehead atoms. The fourth-order valence-electron chi connectivity index (χ4n) is 3.15. The van der Waals surface area contributed by atoms with Gasteiger partial charge in [-0.05, 0) is 18.8 Å². The van der Waals surface area contributed by atoms with Crippen molar-refractivity contribution < 1.29 is 13.2 Å². The Morgan fingerprint density at radius 3 is 2.92 bits per heavy atom. The van der Waals surface area contributed by atoms with Gasteiger partial charge in [0.2, 0.25) is 15.0 Å². The van der Waals surface area contributed by atoms with Crippen LogP contribution in [0.4, 0.5) is 0 Å². The van der Waals surface area contributed by atoms with Crippen LogP contribution in [0.3, 0.4) is 0 Å². The highest BCUT2D eigenvalue weighted by Crippen LogP contribution is 2.21. The lowest BCUT2D eigenvalue weighted by Crippen LogP contribution is -2.27. The Morgan fingerprint density at radius 1 is 1.58 bits per heavy atom. The first-order valence-electron chi connectivity index (χ1n) is 9.02. The summed E-state index contributed by atoms with van der Waals surface area (Å²) >= 11 is 0. The molecule has 0 N–H and O–H groups in total. The summed E-state index contributed by atoms with van der Waals surface area (Å²) in [7, 11) is -3.51. The second-order valence-corrected chi connectivity index (χ2v) is 9.04. The van der Waals surface area contributed by atoms with E-state index in [4.69, 9.17) is 11.2 Å². The third-order valence-electron chi connectivity index (χ3n) is 4.24. The molecule has 7 heteroatoms. The molecule has 0 amide bonds. The maximum Gasteiger partial charge on any atom is 0.227 e. The van der Waals surface area contributed by atoms with Gasteiger partial charge in [0.15, 0.2) is 0 Å². The Bertz CT molecular complexity index is 741. The van der Waals surface area contributed by atoms with Crippen LogP contribution in [0.1, 0.15) is 32.4 Å². The molecule has 0 unspecified atom stereocenters. The van der Waals surface area contributed by atoms with Crippen molar-refractivity contribution in [3.8, 4) is 12.3 Å². The lowest BCUT2D eigenvalue weighted by atomic mass is 10.2. The van der Waals surface area contributed by atoms with Gasteiger partial charge in [-0.3, -0.25) is 4.90 Å². The molecule has 1 aromatic heterocycles. The zero-order chi connectivity index (χ0) is 19.2. The monoisotopic (exact) mass is 379 g/mol. The van der Waals surface area contributed by atoms with Gasteiger partial charge in [-0.1, -0.05) is 25.8 Å². The molecule has 144 valence electrons. The maximum atomic E-state index is 12.9. The Kier molecular flexibility index (Phi) is 7.44. The molecule has 0 radical (unpaired) electrons. The highest BCUT2D eigenvalue weighted by molar-refractivity contribution is 7.91. The fourth-order valence-corrected chi connectivity index (χ4v) is 4.79. The first kappa shape index (κ1) is 20.7. The second-order valence-electron chi connectivity index (χ2n) is 7.12. The van der Waals surface area contributed by atoms with Gasteiger partial charge in [-0.2, -0.15) is 0 Å². The van der Waals surface area contributed by atoms with Gasteiger partial charge in [0.25, 0.3) is 0 Å². The van der Waals surface area contributed by atoms with E-state index in [0.717, 1.165) is 18.5 Å². The molecule has 0 aromatic carbocycles. The largest absolute Gasteiger partial charge is 0.377 e. The molecule has 6 nitrogen and oxygen atoms in total. The highest BCUT2D eigenvalue weighted by Gasteiger charge is 2.29. The summed E-state index contributed by atoms with van der Waals surface area (Å²) in [6.07, 6.45) is 10.3. The Morgan fingerprint density at radius 2 is 2.35 bits per heavy atom. The number of nitrogens with zero attached hydrogens (tertiary/aromatic N) is 3. The van der Waals surface area contributed by atoms with Gasteiger partial charge < -0.3 is 9.30 Å². The predicted molar refractivity (Wildman–Crippen MR) is 102 cm³/mol. The molecule has 2 rings (SSSR count). The van der Waals surface area contributed by atoms with E-state index in [1.807, 2.05) is 9.47 Å². The van der Waals surface area contributed by atoms with Crippen molar-refractivity contribution in [2.24, 2.45) is 5.92 Å². The Labute approximate surface area is 157 Å². The van der Waals surface area contributed by atoms with E-state index >= 15 is 0 Å². The number of ether oxygens (including phenoxy) is 1. The minimum atomic E-state index is -3.51. The number of hydrogen-bond donors (Lipinski definition) is 0. The minimum Gasteiger partial charge on any atom is -0.377 e. The smallest absolute Gasteiger partial charge is 0.227 e. The van der Waals surface area contributed by atoms with Crippen LogP contribution in [0, 0.1) is 18.3 Å². The quantitative estimate of drug-likeness (QED) is 0.460. The summed E-state index contributed by atoms with van der Waals surface area (Å²) in [6, 6.07) is 0. The van der Waals surface area contributed by atoms with Crippen molar-refractivity contribution in [1.29, 1.82) is 0 Å². The zero-order valence-electron chi connectivity index (χ0n) is 15.7. The maximum absolute atomic E-state index is 12.9. The van der Waals surface area contributed by atoms with Crippen molar-refractivity contribution in [3.05, 3.63) is 24.5 Å². The van der Waals surface area contributed by atoms with Gasteiger partial charge in [0.05, 0.1) is 30.3 Å². The summed E-state index contributed by atoms with van der Waals surface area (Å²) < 4.78 is 33.2. The number of rotatable bonds is 10. The topological polar surface area (TPSA) is 64.4 Å². The van der Waals surface area contributed by atoms with Crippen molar-refractivity contribution in [2.45, 2.75) is 51.0 Å². The third kappa shape index (κ3) is 5.44. The molecule has 1 aliphatic rings. The number of imidazole rings is 1. The summed E-state index contributed by atoms with van der Waals surface area (Å²) in [6.45, 7) is 10.7. The SMILES string of the molecule is C#CCN(CC=C)Cc1cnc(S(=O)(=O)C[C@@H]2CCCO2)n1CC(C)C. The molecule has 1 saturated heterocycles. The van der Waals surface area contributed by atoms with E-state index in [9.17, 15) is 8.42 Å². The predicted octanol–water partition coefficient (Wildman–Crippen LogP) is 2.11. The lowest BCUT2D eigenvalue weighted by Gasteiger charge is -2.20. The van der Waals surface area contributed by atoms with Gasteiger partial charge in [-0.15, -0.1) is 13.0 Å². The number of aromatic nitrogens is 2. The zero-order valence-corrected chi connectivity index (χ0v) is 16.5. The molecule has 0 saturated carbocycles. The molecule has 1 aliphatic heterocycles. The molecule has 0 spiro atoms. The van der Waals surface area contributed by atoms with Crippen molar-refractivity contribution in [3.63, 3.8) is 0 Å². The first-order chi connectivity index (χ1) is 12.4. The van der Waals surface area contributed by atoms with E-state index in [0.29, 0.717) is 38.7 Å². The summed E-state index contributed by atoms with van der Waals surface area (Å²) in [4.78, 5) is 6.30. The number of terminal acetylenes is 1. The molecule has 26 heavy (non-hydrogen) atoms. The number of sulfone groups is 1. The van der Waals surface area contributed by atoms with Gasteiger partial charge in [-0.25, -0.2) is 13.4 Å². The lowest BCUT2D eigenvalue weighted by molar-refractivity contribution is 0.127. The van der Waals surface area contributed by atoms with Crippen molar-refractivity contribution >= 4 is 9.84 Å². The van der Waals surface area contributed by atoms with Crippen LogP contribution in [0.5, 0.6) is 0 Å². The van der Waals surface area contributed by atoms with Crippen LogP contribution >= 0.6 is 0 Å². The van der Waals surface area contributed by atoms with E-state index < -0.39 is 9.84 Å². The molecule has 1 fully saturated rings. The van der Waals surface area contributed by atoms with E-state index in [1.165, 1.54) is 0 Å². The van der Waals surface area contributed by atoms with E-state index in [-0.39, 0.29) is 17.0 Å². The molecular weight excluding hydrogens is 350 g/mol. The van der Waals surface area contributed by atoms with Crippen LogP contribution < -0.4 is 0 Å². The van der Waals surface area contributed by atoms with Crippen LogP contribution in [-0.2, 0) is 27.7 Å². The van der Waals surface area contributed by atoms with E-state index in [1.54, 1.807) is 12.3 Å². The summed E-state index contributed by atoms with van der Waals surface area (Å²) in [5, 5.41) is 0.135. The fraction of sp³-hybridized carbons (Fsp3) is 0.632. The van der Waals surface area contributed by atoms with Crippen LogP contribution in [0.25, 0.3) is 0 Å². The number of hydrogen-bond acceptors (Lipinski definition) is 5. The van der Waals surface area contributed by atoms with Crippen LogP contribution in [0.15, 0.2) is 24.0 Å². The Hall–Kier alpha value is -1.62. The average molecular weight is 380 g/mol.